The number of thioether (sulfide) groups is 1. The van der Waals surface area contributed by atoms with Gasteiger partial charge in [0, 0.05) is 25.2 Å². The molecule has 1 aliphatic heterocycles. The van der Waals surface area contributed by atoms with Gasteiger partial charge in [-0.3, -0.25) is 9.36 Å². The predicted octanol–water partition coefficient (Wildman–Crippen LogP) is 2.24. The lowest BCUT2D eigenvalue weighted by molar-refractivity contribution is -0.113. The van der Waals surface area contributed by atoms with Crippen LogP contribution in [-0.4, -0.2) is 44.7 Å². The van der Waals surface area contributed by atoms with E-state index in [4.69, 9.17) is 4.52 Å². The fourth-order valence-corrected chi connectivity index (χ4v) is 3.69. The minimum absolute atomic E-state index is 0.124. The van der Waals surface area contributed by atoms with Crippen molar-refractivity contribution < 1.29 is 9.32 Å². The van der Waals surface area contributed by atoms with Crippen LogP contribution in [0.2, 0.25) is 0 Å². The van der Waals surface area contributed by atoms with E-state index in [1.807, 2.05) is 0 Å². The average Bonchev–Trinajstić information content (AvgIpc) is 2.98. The largest absolute Gasteiger partial charge is 0.360 e. The first-order valence-electron chi connectivity index (χ1n) is 8.26. The summed E-state index contributed by atoms with van der Waals surface area (Å²) in [6.45, 7) is 3.87. The fraction of sp³-hybridized carbons (Fsp3) is 0.600. The summed E-state index contributed by atoms with van der Waals surface area (Å²) in [7, 11) is 0. The van der Waals surface area contributed by atoms with Crippen LogP contribution in [0.15, 0.2) is 15.7 Å². The van der Waals surface area contributed by atoms with E-state index in [-0.39, 0.29) is 11.7 Å². The number of amides is 1. The van der Waals surface area contributed by atoms with E-state index >= 15 is 0 Å². The van der Waals surface area contributed by atoms with Gasteiger partial charge in [-0.25, -0.2) is 0 Å². The molecule has 1 aliphatic carbocycles. The monoisotopic (exact) mass is 348 g/mol. The van der Waals surface area contributed by atoms with E-state index in [0.717, 1.165) is 37.0 Å². The molecule has 8 nitrogen and oxygen atoms in total. The average molecular weight is 348 g/mol. The standard InChI is InChI=1S/C15H20N6O2S/c1-10-8-12(19-23-10)16-13(22)9-24-15-18-17-14(20-6-2-3-7-20)21(15)11-4-5-11/h8,11H,2-7,9H2,1H3,(H,16,19,22). The van der Waals surface area contributed by atoms with Crippen LogP contribution in [0.25, 0.3) is 0 Å². The first kappa shape index (κ1) is 15.5. The summed E-state index contributed by atoms with van der Waals surface area (Å²) < 4.78 is 7.16. The molecule has 0 spiro atoms. The molecule has 1 saturated heterocycles. The molecule has 0 aromatic carbocycles. The number of nitrogens with zero attached hydrogens (tertiary/aromatic N) is 5. The van der Waals surface area contributed by atoms with Crippen LogP contribution >= 0.6 is 11.8 Å². The number of aryl methyl sites for hydroxylation is 1. The molecule has 0 atom stereocenters. The van der Waals surface area contributed by atoms with E-state index in [1.165, 1.54) is 24.6 Å². The first-order chi connectivity index (χ1) is 11.7. The van der Waals surface area contributed by atoms with Crippen LogP contribution in [0, 0.1) is 6.92 Å². The lowest BCUT2D eigenvalue weighted by Crippen LogP contribution is -2.22. The van der Waals surface area contributed by atoms with Gasteiger partial charge >= 0.3 is 0 Å². The smallest absolute Gasteiger partial charge is 0.236 e. The number of aromatic nitrogens is 4. The second-order valence-corrected chi connectivity index (χ2v) is 7.18. The summed E-state index contributed by atoms with van der Waals surface area (Å²) in [5.41, 5.74) is 0. The molecule has 2 aromatic heterocycles. The Morgan fingerprint density at radius 2 is 2.17 bits per heavy atom. The van der Waals surface area contributed by atoms with Crippen molar-refractivity contribution in [3.8, 4) is 0 Å². The molecule has 0 unspecified atom stereocenters. The molecule has 24 heavy (non-hydrogen) atoms. The maximum Gasteiger partial charge on any atom is 0.236 e. The van der Waals surface area contributed by atoms with Gasteiger partial charge in [-0.15, -0.1) is 10.2 Å². The Morgan fingerprint density at radius 3 is 2.83 bits per heavy atom. The molecule has 1 saturated carbocycles. The quantitative estimate of drug-likeness (QED) is 0.801. The van der Waals surface area contributed by atoms with Crippen molar-refractivity contribution in [3.05, 3.63) is 11.8 Å². The second kappa shape index (κ2) is 6.46. The highest BCUT2D eigenvalue weighted by atomic mass is 32.2. The molecular weight excluding hydrogens is 328 g/mol. The van der Waals surface area contributed by atoms with Crippen molar-refractivity contribution in [2.24, 2.45) is 0 Å². The minimum atomic E-state index is -0.124. The number of anilines is 2. The number of hydrogen-bond donors (Lipinski definition) is 1. The third-order valence-electron chi connectivity index (χ3n) is 4.18. The highest BCUT2D eigenvalue weighted by Crippen LogP contribution is 2.41. The van der Waals surface area contributed by atoms with Crippen molar-refractivity contribution in [1.82, 2.24) is 19.9 Å². The molecule has 0 bridgehead atoms. The Balaban J connectivity index is 1.41. The van der Waals surface area contributed by atoms with Gasteiger partial charge in [-0.1, -0.05) is 16.9 Å². The normalized spacial score (nSPS) is 17.5. The third kappa shape index (κ3) is 3.26. The van der Waals surface area contributed by atoms with Crippen molar-refractivity contribution in [1.29, 1.82) is 0 Å². The molecular formula is C15H20N6O2S. The molecule has 3 heterocycles. The maximum absolute atomic E-state index is 12.1. The summed E-state index contributed by atoms with van der Waals surface area (Å²) in [6.07, 6.45) is 4.74. The predicted molar refractivity (Wildman–Crippen MR) is 90.3 cm³/mol. The molecule has 9 heteroatoms. The third-order valence-corrected chi connectivity index (χ3v) is 5.12. The van der Waals surface area contributed by atoms with Crippen LogP contribution in [0.3, 0.4) is 0 Å². The Bertz CT molecular complexity index is 732. The van der Waals surface area contributed by atoms with E-state index in [1.54, 1.807) is 13.0 Å². The van der Waals surface area contributed by atoms with Gasteiger partial charge in [0.25, 0.3) is 0 Å². The number of rotatable bonds is 6. The van der Waals surface area contributed by atoms with E-state index in [9.17, 15) is 4.79 Å². The number of carbonyl (C=O) groups excluding carboxylic acids is 1. The SMILES string of the molecule is Cc1cc(NC(=O)CSc2nnc(N3CCCC3)n2C2CC2)no1. The number of nitrogens with one attached hydrogen (secondary N) is 1. The van der Waals surface area contributed by atoms with E-state index < -0.39 is 0 Å². The van der Waals surface area contributed by atoms with Crippen molar-refractivity contribution >= 4 is 29.4 Å². The molecule has 1 N–H and O–H groups in total. The Kier molecular flexibility index (Phi) is 4.17. The first-order valence-corrected chi connectivity index (χ1v) is 9.25. The zero-order chi connectivity index (χ0) is 16.5. The topological polar surface area (TPSA) is 89.1 Å². The zero-order valence-corrected chi connectivity index (χ0v) is 14.4. The van der Waals surface area contributed by atoms with Crippen LogP contribution < -0.4 is 10.2 Å². The van der Waals surface area contributed by atoms with Crippen LogP contribution in [0.4, 0.5) is 11.8 Å². The second-order valence-electron chi connectivity index (χ2n) is 6.24. The summed E-state index contributed by atoms with van der Waals surface area (Å²) in [5, 5.41) is 16.0. The van der Waals surface area contributed by atoms with Crippen molar-refractivity contribution in [3.63, 3.8) is 0 Å². The maximum atomic E-state index is 12.1. The summed E-state index contributed by atoms with van der Waals surface area (Å²) in [4.78, 5) is 14.4. The number of carbonyl (C=O) groups is 1. The highest BCUT2D eigenvalue weighted by molar-refractivity contribution is 7.99. The summed E-state index contributed by atoms with van der Waals surface area (Å²) >= 11 is 1.42. The van der Waals surface area contributed by atoms with Crippen molar-refractivity contribution in [2.45, 2.75) is 43.8 Å². The molecule has 0 radical (unpaired) electrons. The summed E-state index contributed by atoms with van der Waals surface area (Å²) in [6, 6.07) is 2.18. The van der Waals surface area contributed by atoms with Gasteiger partial charge in [-0.2, -0.15) is 0 Å². The molecule has 2 fully saturated rings. The lowest BCUT2D eigenvalue weighted by atomic mass is 10.4. The van der Waals surface area contributed by atoms with Gasteiger partial charge in [-0.05, 0) is 32.6 Å². The molecule has 2 aliphatic rings. The van der Waals surface area contributed by atoms with Crippen LogP contribution in [0.5, 0.6) is 0 Å². The Labute approximate surface area is 144 Å². The number of hydrogen-bond acceptors (Lipinski definition) is 7. The van der Waals surface area contributed by atoms with E-state index in [2.05, 4.69) is 30.1 Å². The van der Waals surface area contributed by atoms with E-state index in [0.29, 0.717) is 17.6 Å². The molecule has 2 aromatic rings. The van der Waals surface area contributed by atoms with Gasteiger partial charge in [0.2, 0.25) is 11.9 Å². The Hall–Kier alpha value is -2.03. The fourth-order valence-electron chi connectivity index (χ4n) is 2.89. The highest BCUT2D eigenvalue weighted by Gasteiger charge is 2.32. The van der Waals surface area contributed by atoms with Gasteiger partial charge in [0.1, 0.15) is 5.76 Å². The zero-order valence-electron chi connectivity index (χ0n) is 13.6. The molecule has 4 rings (SSSR count). The molecule has 1 amide bonds. The van der Waals surface area contributed by atoms with Gasteiger partial charge < -0.3 is 14.7 Å². The van der Waals surface area contributed by atoms with Gasteiger partial charge in [0.15, 0.2) is 11.0 Å². The van der Waals surface area contributed by atoms with Crippen molar-refractivity contribution in [2.75, 3.05) is 29.1 Å². The van der Waals surface area contributed by atoms with Crippen LogP contribution in [-0.2, 0) is 4.79 Å². The minimum Gasteiger partial charge on any atom is -0.360 e. The summed E-state index contributed by atoms with van der Waals surface area (Å²) in [5.74, 6) is 2.23. The lowest BCUT2D eigenvalue weighted by Gasteiger charge is -2.17. The van der Waals surface area contributed by atoms with Gasteiger partial charge in [0.05, 0.1) is 5.75 Å². The molecule has 128 valence electrons. The van der Waals surface area contributed by atoms with Crippen LogP contribution in [0.1, 0.15) is 37.5 Å². The Morgan fingerprint density at radius 1 is 1.38 bits per heavy atom.